The summed E-state index contributed by atoms with van der Waals surface area (Å²) < 4.78 is 0. The van der Waals surface area contributed by atoms with Crippen LogP contribution in [0.15, 0.2) is 0 Å². The summed E-state index contributed by atoms with van der Waals surface area (Å²) in [6.45, 7) is 6.17. The van der Waals surface area contributed by atoms with Crippen LogP contribution in [0.5, 0.6) is 0 Å². The normalized spacial score (nSPS) is 20.7. The van der Waals surface area contributed by atoms with Crippen molar-refractivity contribution in [3.63, 3.8) is 0 Å². The van der Waals surface area contributed by atoms with Gasteiger partial charge in [0.15, 0.2) is 0 Å². The van der Waals surface area contributed by atoms with Crippen LogP contribution in [-0.2, 0) is 4.79 Å². The van der Waals surface area contributed by atoms with Crippen LogP contribution in [0.2, 0.25) is 0 Å². The molecule has 1 aliphatic rings. The molecular weight excluding hydrogens is 200 g/mol. The number of rotatable bonds is 3. The van der Waals surface area contributed by atoms with Gasteiger partial charge in [0.05, 0.1) is 0 Å². The predicted octanol–water partition coefficient (Wildman–Crippen LogP) is 1.27. The van der Waals surface area contributed by atoms with Gasteiger partial charge in [-0.3, -0.25) is 4.79 Å². The van der Waals surface area contributed by atoms with Crippen molar-refractivity contribution >= 4 is 18.3 Å². The Morgan fingerprint density at radius 2 is 2.21 bits per heavy atom. The maximum Gasteiger partial charge on any atom is 0.222 e. The molecule has 0 radical (unpaired) electrons. The summed E-state index contributed by atoms with van der Waals surface area (Å²) in [7, 11) is 1.92. The van der Waals surface area contributed by atoms with Gasteiger partial charge in [0, 0.05) is 26.1 Å². The Kier molecular flexibility index (Phi) is 6.12. The lowest BCUT2D eigenvalue weighted by atomic mass is 10.1. The molecule has 3 nitrogen and oxygen atoms in total. The van der Waals surface area contributed by atoms with E-state index in [9.17, 15) is 4.79 Å². The minimum absolute atomic E-state index is 0. The Morgan fingerprint density at radius 3 is 2.64 bits per heavy atom. The van der Waals surface area contributed by atoms with E-state index in [2.05, 4.69) is 19.2 Å². The van der Waals surface area contributed by atoms with Gasteiger partial charge in [0.1, 0.15) is 0 Å². The molecule has 1 amide bonds. The van der Waals surface area contributed by atoms with Crippen LogP contribution in [0.1, 0.15) is 26.7 Å². The van der Waals surface area contributed by atoms with Gasteiger partial charge in [-0.15, -0.1) is 12.4 Å². The van der Waals surface area contributed by atoms with E-state index in [1.165, 1.54) is 0 Å². The molecule has 0 unspecified atom stereocenters. The fourth-order valence-corrected chi connectivity index (χ4v) is 1.67. The van der Waals surface area contributed by atoms with Gasteiger partial charge in [-0.25, -0.2) is 0 Å². The first kappa shape index (κ1) is 13.7. The summed E-state index contributed by atoms with van der Waals surface area (Å²) in [5.74, 6) is 0.744. The quantitative estimate of drug-likeness (QED) is 0.777. The highest BCUT2D eigenvalue weighted by atomic mass is 35.5. The lowest BCUT2D eigenvalue weighted by molar-refractivity contribution is -0.132. The number of nitrogens with zero attached hydrogens (tertiary/aromatic N) is 1. The minimum Gasteiger partial charge on any atom is -0.341 e. The molecular formula is C10H21ClN2O. The van der Waals surface area contributed by atoms with E-state index >= 15 is 0 Å². The van der Waals surface area contributed by atoms with E-state index < -0.39 is 0 Å². The summed E-state index contributed by atoms with van der Waals surface area (Å²) >= 11 is 0. The second-order valence-corrected chi connectivity index (χ2v) is 4.25. The first-order valence-corrected chi connectivity index (χ1v) is 5.07. The highest BCUT2D eigenvalue weighted by molar-refractivity contribution is 5.85. The standard InChI is InChI=1S/C10H20N2O.ClH/c1-8(2)6-10(13)12(3)9-4-5-11-7-9;/h8-9,11H,4-7H2,1-3H3;1H/t9-;/m0./s1. The molecule has 1 saturated heterocycles. The maximum absolute atomic E-state index is 11.6. The van der Waals surface area contributed by atoms with E-state index in [0.29, 0.717) is 18.4 Å². The van der Waals surface area contributed by atoms with Crippen LogP contribution in [0.4, 0.5) is 0 Å². The van der Waals surface area contributed by atoms with Crippen molar-refractivity contribution in [2.45, 2.75) is 32.7 Å². The van der Waals surface area contributed by atoms with Gasteiger partial charge in [-0.1, -0.05) is 13.8 Å². The molecule has 1 heterocycles. The average molecular weight is 221 g/mol. The van der Waals surface area contributed by atoms with Crippen molar-refractivity contribution in [1.29, 1.82) is 0 Å². The Bertz CT molecular complexity index is 179. The number of likely N-dealkylation sites (N-methyl/N-ethyl adjacent to an activating group) is 1. The molecule has 0 aromatic carbocycles. The Morgan fingerprint density at radius 1 is 1.57 bits per heavy atom. The number of carbonyl (C=O) groups excluding carboxylic acids is 1. The van der Waals surface area contributed by atoms with Crippen LogP contribution >= 0.6 is 12.4 Å². The average Bonchev–Trinajstić information content (AvgIpc) is 2.53. The van der Waals surface area contributed by atoms with Gasteiger partial charge in [-0.2, -0.15) is 0 Å². The van der Waals surface area contributed by atoms with E-state index in [-0.39, 0.29) is 18.3 Å². The fourth-order valence-electron chi connectivity index (χ4n) is 1.67. The van der Waals surface area contributed by atoms with Crippen molar-refractivity contribution < 1.29 is 4.79 Å². The van der Waals surface area contributed by atoms with Crippen LogP contribution in [0.3, 0.4) is 0 Å². The highest BCUT2D eigenvalue weighted by Gasteiger charge is 2.22. The van der Waals surface area contributed by atoms with E-state index in [4.69, 9.17) is 0 Å². The molecule has 4 heteroatoms. The molecule has 0 spiro atoms. The molecule has 0 bridgehead atoms. The molecule has 0 saturated carbocycles. The number of amides is 1. The van der Waals surface area contributed by atoms with Gasteiger partial charge in [0.2, 0.25) is 5.91 Å². The highest BCUT2D eigenvalue weighted by Crippen LogP contribution is 2.10. The van der Waals surface area contributed by atoms with Crippen LogP contribution in [0.25, 0.3) is 0 Å². The summed E-state index contributed by atoms with van der Waals surface area (Å²) in [5, 5.41) is 3.27. The molecule has 14 heavy (non-hydrogen) atoms. The van der Waals surface area contributed by atoms with Crippen LogP contribution in [0, 0.1) is 5.92 Å². The smallest absolute Gasteiger partial charge is 0.222 e. The van der Waals surface area contributed by atoms with E-state index in [1.807, 2.05) is 11.9 Å². The Balaban J connectivity index is 0.00000169. The lowest BCUT2D eigenvalue weighted by Crippen LogP contribution is -2.38. The zero-order valence-corrected chi connectivity index (χ0v) is 10.1. The molecule has 84 valence electrons. The third kappa shape index (κ3) is 3.84. The summed E-state index contributed by atoms with van der Waals surface area (Å²) in [4.78, 5) is 13.5. The zero-order chi connectivity index (χ0) is 9.84. The van der Waals surface area contributed by atoms with Gasteiger partial charge in [-0.05, 0) is 18.9 Å². The maximum atomic E-state index is 11.6. The Labute approximate surface area is 92.6 Å². The monoisotopic (exact) mass is 220 g/mol. The first-order valence-electron chi connectivity index (χ1n) is 5.07. The number of hydrogen-bond acceptors (Lipinski definition) is 2. The first-order chi connectivity index (χ1) is 6.11. The van der Waals surface area contributed by atoms with E-state index in [0.717, 1.165) is 19.5 Å². The largest absolute Gasteiger partial charge is 0.341 e. The third-order valence-electron chi connectivity index (χ3n) is 2.56. The molecule has 0 aromatic rings. The topological polar surface area (TPSA) is 32.3 Å². The molecule has 1 rings (SSSR count). The van der Waals surface area contributed by atoms with Crippen molar-refractivity contribution in [1.82, 2.24) is 10.2 Å². The van der Waals surface area contributed by atoms with Gasteiger partial charge < -0.3 is 10.2 Å². The van der Waals surface area contributed by atoms with Crippen molar-refractivity contribution in [3.8, 4) is 0 Å². The summed E-state index contributed by atoms with van der Waals surface area (Å²) in [5.41, 5.74) is 0. The molecule has 0 aromatic heterocycles. The van der Waals surface area contributed by atoms with Crippen molar-refractivity contribution in [3.05, 3.63) is 0 Å². The minimum atomic E-state index is 0. The lowest BCUT2D eigenvalue weighted by Gasteiger charge is -2.24. The van der Waals surface area contributed by atoms with Gasteiger partial charge >= 0.3 is 0 Å². The number of halogens is 1. The van der Waals surface area contributed by atoms with Crippen molar-refractivity contribution in [2.24, 2.45) is 5.92 Å². The van der Waals surface area contributed by atoms with Gasteiger partial charge in [0.25, 0.3) is 0 Å². The molecule has 0 aliphatic carbocycles. The number of nitrogens with one attached hydrogen (secondary N) is 1. The SMILES string of the molecule is CC(C)CC(=O)N(C)[C@H]1CCNC1.Cl. The van der Waals surface area contributed by atoms with E-state index in [1.54, 1.807) is 0 Å². The fraction of sp³-hybridized carbons (Fsp3) is 0.900. The van der Waals surface area contributed by atoms with Crippen molar-refractivity contribution in [2.75, 3.05) is 20.1 Å². The molecule has 1 aliphatic heterocycles. The molecule has 1 N–H and O–H groups in total. The zero-order valence-electron chi connectivity index (χ0n) is 9.25. The number of hydrogen-bond donors (Lipinski definition) is 1. The predicted molar refractivity (Wildman–Crippen MR) is 60.7 cm³/mol. The van der Waals surface area contributed by atoms with Crippen LogP contribution < -0.4 is 5.32 Å². The second kappa shape index (κ2) is 6.25. The number of carbonyl (C=O) groups is 1. The summed E-state index contributed by atoms with van der Waals surface area (Å²) in [6.07, 6.45) is 1.77. The third-order valence-corrected chi connectivity index (χ3v) is 2.56. The Hall–Kier alpha value is -0.280. The second-order valence-electron chi connectivity index (χ2n) is 4.25. The van der Waals surface area contributed by atoms with Crippen LogP contribution in [-0.4, -0.2) is 37.0 Å². The molecule has 1 fully saturated rings. The summed E-state index contributed by atoms with van der Waals surface area (Å²) in [6, 6.07) is 0.422. The molecule has 1 atom stereocenters.